The van der Waals surface area contributed by atoms with E-state index in [1.165, 1.54) is 12.2 Å². The molecule has 2 unspecified atom stereocenters. The van der Waals surface area contributed by atoms with Crippen LogP contribution < -0.4 is 5.32 Å². The van der Waals surface area contributed by atoms with E-state index in [1.54, 1.807) is 0 Å². The van der Waals surface area contributed by atoms with Crippen molar-refractivity contribution in [3.63, 3.8) is 0 Å². The van der Waals surface area contributed by atoms with Gasteiger partial charge < -0.3 is 10.2 Å². The van der Waals surface area contributed by atoms with E-state index in [1.807, 2.05) is 23.6 Å². The predicted molar refractivity (Wildman–Crippen MR) is 73.5 cm³/mol. The smallest absolute Gasteiger partial charge is 0.245 e. The molecule has 2 saturated heterocycles. The molecule has 0 radical (unpaired) electrons. The van der Waals surface area contributed by atoms with Crippen molar-refractivity contribution in [3.8, 4) is 0 Å². The molecule has 0 aliphatic carbocycles. The molecule has 0 bridgehead atoms. The van der Waals surface area contributed by atoms with Crippen molar-refractivity contribution in [1.29, 1.82) is 0 Å². The van der Waals surface area contributed by atoms with E-state index in [2.05, 4.69) is 5.32 Å². The van der Waals surface area contributed by atoms with Gasteiger partial charge in [-0.2, -0.15) is 11.8 Å². The van der Waals surface area contributed by atoms with Gasteiger partial charge in [-0.1, -0.05) is 13.3 Å². The van der Waals surface area contributed by atoms with Crippen LogP contribution in [0.1, 0.15) is 39.0 Å². The summed E-state index contributed by atoms with van der Waals surface area (Å²) in [6.07, 6.45) is 4.39. The summed E-state index contributed by atoms with van der Waals surface area (Å²) in [6, 6.07) is 0.0419. The van der Waals surface area contributed by atoms with Crippen LogP contribution in [-0.4, -0.2) is 46.8 Å². The molecule has 1 N–H and O–H groups in total. The summed E-state index contributed by atoms with van der Waals surface area (Å²) in [7, 11) is 0. The number of rotatable bonds is 3. The van der Waals surface area contributed by atoms with Gasteiger partial charge in [-0.25, -0.2) is 0 Å². The van der Waals surface area contributed by atoms with Crippen LogP contribution in [0.2, 0.25) is 0 Å². The number of carbonyl (C=O) groups excluding carboxylic acids is 2. The van der Waals surface area contributed by atoms with Gasteiger partial charge in [0.15, 0.2) is 0 Å². The zero-order chi connectivity index (χ0) is 13.0. The standard InChI is InChI=1S/C13H22N2O2S/c1-2-4-11-13(17)15(7-6-12(16)14-11)10-5-3-8-18-9-10/h10-11H,2-9H2,1H3,(H,14,16). The van der Waals surface area contributed by atoms with E-state index in [4.69, 9.17) is 0 Å². The molecule has 102 valence electrons. The third kappa shape index (κ3) is 3.19. The minimum Gasteiger partial charge on any atom is -0.344 e. The maximum absolute atomic E-state index is 12.5. The van der Waals surface area contributed by atoms with Crippen molar-refractivity contribution in [3.05, 3.63) is 0 Å². The minimum absolute atomic E-state index is 0.0211. The molecular weight excluding hydrogens is 248 g/mol. The molecule has 0 spiro atoms. The van der Waals surface area contributed by atoms with E-state index < -0.39 is 0 Å². The lowest BCUT2D eigenvalue weighted by atomic mass is 10.1. The number of carbonyl (C=O) groups is 2. The lowest BCUT2D eigenvalue weighted by Crippen LogP contribution is -2.49. The highest BCUT2D eigenvalue weighted by atomic mass is 32.2. The molecule has 0 saturated carbocycles. The first-order valence-electron chi connectivity index (χ1n) is 6.90. The Morgan fingerprint density at radius 2 is 2.28 bits per heavy atom. The fourth-order valence-corrected chi connectivity index (χ4v) is 3.83. The van der Waals surface area contributed by atoms with Crippen LogP contribution in [-0.2, 0) is 9.59 Å². The van der Waals surface area contributed by atoms with Gasteiger partial charge in [-0.15, -0.1) is 0 Å². The van der Waals surface area contributed by atoms with Crippen LogP contribution in [0, 0.1) is 0 Å². The molecular formula is C13H22N2O2S. The molecule has 2 fully saturated rings. The summed E-state index contributed by atoms with van der Waals surface area (Å²) in [5.74, 6) is 2.38. The average molecular weight is 270 g/mol. The highest BCUT2D eigenvalue weighted by Crippen LogP contribution is 2.23. The van der Waals surface area contributed by atoms with Crippen LogP contribution >= 0.6 is 11.8 Å². The molecule has 0 aromatic carbocycles. The fourth-order valence-electron chi connectivity index (χ4n) is 2.68. The molecule has 2 atom stereocenters. The Hall–Kier alpha value is -0.710. The van der Waals surface area contributed by atoms with E-state index in [9.17, 15) is 9.59 Å². The molecule has 2 rings (SSSR count). The number of amides is 2. The molecule has 2 aliphatic heterocycles. The Morgan fingerprint density at radius 3 is 2.94 bits per heavy atom. The third-order valence-corrected chi connectivity index (χ3v) is 4.85. The van der Waals surface area contributed by atoms with Crippen LogP contribution in [0.25, 0.3) is 0 Å². The highest BCUT2D eigenvalue weighted by molar-refractivity contribution is 7.99. The Kier molecular flexibility index (Phi) is 4.92. The van der Waals surface area contributed by atoms with Crippen LogP contribution in [0.3, 0.4) is 0 Å². The Morgan fingerprint density at radius 1 is 1.44 bits per heavy atom. The molecule has 0 aromatic rings. The van der Waals surface area contributed by atoms with Gasteiger partial charge in [0.2, 0.25) is 11.8 Å². The monoisotopic (exact) mass is 270 g/mol. The molecule has 18 heavy (non-hydrogen) atoms. The number of hydrogen-bond donors (Lipinski definition) is 1. The van der Waals surface area contributed by atoms with Gasteiger partial charge in [0.25, 0.3) is 0 Å². The fraction of sp³-hybridized carbons (Fsp3) is 0.846. The van der Waals surface area contributed by atoms with Gasteiger partial charge >= 0.3 is 0 Å². The average Bonchev–Trinajstić information content (AvgIpc) is 2.52. The predicted octanol–water partition coefficient (Wildman–Crippen LogP) is 1.40. The Labute approximate surface area is 113 Å². The van der Waals surface area contributed by atoms with E-state index in [-0.39, 0.29) is 17.9 Å². The second-order valence-corrected chi connectivity index (χ2v) is 6.21. The Bertz CT molecular complexity index is 316. The number of thioether (sulfide) groups is 1. The Balaban J connectivity index is 2.07. The molecule has 2 aliphatic rings. The normalized spacial score (nSPS) is 29.9. The second-order valence-electron chi connectivity index (χ2n) is 5.06. The summed E-state index contributed by atoms with van der Waals surface area (Å²) in [5.41, 5.74) is 0. The summed E-state index contributed by atoms with van der Waals surface area (Å²) in [6.45, 7) is 2.64. The highest BCUT2D eigenvalue weighted by Gasteiger charge is 2.33. The van der Waals surface area contributed by atoms with Crippen molar-refractivity contribution in [2.24, 2.45) is 0 Å². The summed E-state index contributed by atoms with van der Waals surface area (Å²) in [4.78, 5) is 26.1. The van der Waals surface area contributed by atoms with Crippen molar-refractivity contribution < 1.29 is 9.59 Å². The van der Waals surface area contributed by atoms with E-state index in [0.29, 0.717) is 19.0 Å². The first-order valence-corrected chi connectivity index (χ1v) is 8.05. The SMILES string of the molecule is CCCC1NC(=O)CCN(C2CCCSC2)C1=O. The van der Waals surface area contributed by atoms with E-state index in [0.717, 1.165) is 25.0 Å². The number of nitrogens with zero attached hydrogens (tertiary/aromatic N) is 1. The van der Waals surface area contributed by atoms with Gasteiger partial charge in [0.05, 0.1) is 0 Å². The maximum atomic E-state index is 12.5. The lowest BCUT2D eigenvalue weighted by molar-refractivity contribution is -0.135. The molecule has 2 amide bonds. The maximum Gasteiger partial charge on any atom is 0.245 e. The summed E-state index contributed by atoms with van der Waals surface area (Å²) in [5, 5.41) is 2.86. The second kappa shape index (κ2) is 6.45. The topological polar surface area (TPSA) is 49.4 Å². The minimum atomic E-state index is -0.295. The van der Waals surface area contributed by atoms with Crippen molar-refractivity contribution in [2.45, 2.75) is 51.1 Å². The van der Waals surface area contributed by atoms with Crippen molar-refractivity contribution in [2.75, 3.05) is 18.1 Å². The summed E-state index contributed by atoms with van der Waals surface area (Å²) < 4.78 is 0. The number of hydrogen-bond acceptors (Lipinski definition) is 3. The van der Waals surface area contributed by atoms with Gasteiger partial charge in [0.1, 0.15) is 6.04 Å². The van der Waals surface area contributed by atoms with Crippen LogP contribution in [0.5, 0.6) is 0 Å². The van der Waals surface area contributed by atoms with Crippen molar-refractivity contribution in [1.82, 2.24) is 10.2 Å². The molecule has 4 nitrogen and oxygen atoms in total. The van der Waals surface area contributed by atoms with Crippen LogP contribution in [0.4, 0.5) is 0 Å². The number of nitrogens with one attached hydrogen (secondary N) is 1. The first kappa shape index (κ1) is 13.7. The van der Waals surface area contributed by atoms with Gasteiger partial charge in [-0.3, -0.25) is 9.59 Å². The zero-order valence-corrected chi connectivity index (χ0v) is 11.8. The quantitative estimate of drug-likeness (QED) is 0.843. The van der Waals surface area contributed by atoms with Crippen molar-refractivity contribution >= 4 is 23.6 Å². The molecule has 5 heteroatoms. The zero-order valence-electron chi connectivity index (χ0n) is 11.0. The van der Waals surface area contributed by atoms with E-state index >= 15 is 0 Å². The van der Waals surface area contributed by atoms with Gasteiger partial charge in [-0.05, 0) is 25.0 Å². The largest absolute Gasteiger partial charge is 0.344 e. The third-order valence-electron chi connectivity index (χ3n) is 3.65. The molecule has 0 aromatic heterocycles. The summed E-state index contributed by atoms with van der Waals surface area (Å²) >= 11 is 1.92. The lowest BCUT2D eigenvalue weighted by Gasteiger charge is -2.34. The molecule has 2 heterocycles. The first-order chi connectivity index (χ1) is 8.72. The van der Waals surface area contributed by atoms with Gasteiger partial charge in [0, 0.05) is 24.8 Å². The van der Waals surface area contributed by atoms with Crippen LogP contribution in [0.15, 0.2) is 0 Å².